The van der Waals surface area contributed by atoms with Gasteiger partial charge in [0.25, 0.3) is 5.56 Å². The topological polar surface area (TPSA) is 83.2 Å². The molecule has 0 N–H and O–H groups in total. The van der Waals surface area contributed by atoms with Crippen LogP contribution < -0.4 is 11.2 Å². The van der Waals surface area contributed by atoms with Crippen molar-refractivity contribution in [2.45, 2.75) is 33.2 Å². The van der Waals surface area contributed by atoms with E-state index in [1.807, 2.05) is 13.8 Å². The second kappa shape index (κ2) is 8.31. The molecule has 9 heteroatoms. The zero-order chi connectivity index (χ0) is 23.2. The summed E-state index contributed by atoms with van der Waals surface area (Å²) in [5, 5.41) is 0.790. The van der Waals surface area contributed by atoms with Crippen molar-refractivity contribution in [2.24, 2.45) is 7.05 Å². The average molecular weight is 456 g/mol. The van der Waals surface area contributed by atoms with Crippen LogP contribution in [-0.2, 0) is 18.2 Å². The summed E-state index contributed by atoms with van der Waals surface area (Å²) in [7, 11) is 1.40. The molecule has 7 nitrogen and oxygen atoms in total. The summed E-state index contributed by atoms with van der Waals surface area (Å²) in [6.07, 6.45) is 1.77. The molecule has 0 saturated heterocycles. The fraction of sp³-hybridized carbons (Fsp3) is 0.304. The van der Waals surface area contributed by atoms with Crippen molar-refractivity contribution in [3.05, 3.63) is 73.1 Å². The zero-order valence-electron chi connectivity index (χ0n) is 18.1. The second-order valence-corrected chi connectivity index (χ2v) is 8.78. The molecule has 0 amide bonds. The van der Waals surface area contributed by atoms with E-state index in [2.05, 4.69) is 4.98 Å². The van der Waals surface area contributed by atoms with Crippen LogP contribution in [0.25, 0.3) is 21.1 Å². The number of nitrogens with zero attached hydrogens (tertiary/aromatic N) is 3. The lowest BCUT2D eigenvalue weighted by molar-refractivity contribution is 0.0528. The van der Waals surface area contributed by atoms with Crippen molar-refractivity contribution < 1.29 is 13.9 Å². The number of pyridine rings is 1. The molecule has 0 saturated carbocycles. The van der Waals surface area contributed by atoms with Gasteiger partial charge in [-0.05, 0) is 38.5 Å². The molecule has 1 aromatic carbocycles. The number of aromatic nitrogens is 3. The zero-order valence-corrected chi connectivity index (χ0v) is 19.0. The molecule has 4 rings (SSSR count). The van der Waals surface area contributed by atoms with E-state index < -0.39 is 23.0 Å². The highest BCUT2D eigenvalue weighted by Crippen LogP contribution is 2.33. The van der Waals surface area contributed by atoms with E-state index in [9.17, 15) is 18.8 Å². The van der Waals surface area contributed by atoms with Crippen LogP contribution in [0.15, 0.2) is 40.1 Å². The predicted octanol–water partition coefficient (Wildman–Crippen LogP) is 3.80. The number of carbonyl (C=O) groups is 1. The van der Waals surface area contributed by atoms with Crippen LogP contribution in [0, 0.1) is 5.82 Å². The number of fused-ring (bicyclic) bond motifs is 2. The molecular formula is C23H22FN3O4S. The lowest BCUT2D eigenvalue weighted by Gasteiger charge is -2.12. The number of hydrogen-bond acceptors (Lipinski definition) is 6. The van der Waals surface area contributed by atoms with Crippen molar-refractivity contribution in [3.8, 4) is 0 Å². The van der Waals surface area contributed by atoms with Gasteiger partial charge in [-0.15, -0.1) is 11.3 Å². The molecule has 0 bridgehead atoms. The third-order valence-corrected chi connectivity index (χ3v) is 6.54. The Kier molecular flexibility index (Phi) is 5.68. The molecule has 0 aliphatic heterocycles. The molecule has 0 fully saturated rings. The number of ether oxygens (including phenoxy) is 1. The predicted molar refractivity (Wildman–Crippen MR) is 122 cm³/mol. The van der Waals surface area contributed by atoms with Gasteiger partial charge in [0.1, 0.15) is 16.2 Å². The minimum absolute atomic E-state index is 0.142. The summed E-state index contributed by atoms with van der Waals surface area (Å²) in [4.78, 5) is 43.9. The summed E-state index contributed by atoms with van der Waals surface area (Å²) in [6, 6.07) is 6.24. The van der Waals surface area contributed by atoms with Gasteiger partial charge in [-0.25, -0.2) is 14.0 Å². The van der Waals surface area contributed by atoms with Crippen LogP contribution in [0.3, 0.4) is 0 Å². The van der Waals surface area contributed by atoms with E-state index in [-0.39, 0.29) is 35.5 Å². The first-order valence-corrected chi connectivity index (χ1v) is 11.0. The van der Waals surface area contributed by atoms with Crippen molar-refractivity contribution in [3.63, 3.8) is 0 Å². The van der Waals surface area contributed by atoms with Crippen LogP contribution in [0.2, 0.25) is 0 Å². The van der Waals surface area contributed by atoms with E-state index in [1.165, 1.54) is 35.2 Å². The summed E-state index contributed by atoms with van der Waals surface area (Å²) in [5.74, 6) is -1.06. The van der Waals surface area contributed by atoms with E-state index in [4.69, 9.17) is 4.74 Å². The number of rotatable bonds is 5. The highest BCUT2D eigenvalue weighted by Gasteiger charge is 2.27. The van der Waals surface area contributed by atoms with Crippen LogP contribution in [-0.4, -0.2) is 26.7 Å². The van der Waals surface area contributed by atoms with Gasteiger partial charge in [-0.3, -0.25) is 18.9 Å². The average Bonchev–Trinajstić information content (AvgIpc) is 3.11. The maximum atomic E-state index is 14.2. The minimum Gasteiger partial charge on any atom is -0.462 e. The summed E-state index contributed by atoms with van der Waals surface area (Å²) < 4.78 is 22.0. The Balaban J connectivity index is 2.05. The van der Waals surface area contributed by atoms with E-state index in [0.717, 1.165) is 10.1 Å². The fourth-order valence-corrected chi connectivity index (χ4v) is 5.29. The molecule has 0 spiro atoms. The number of halogens is 1. The Labute approximate surface area is 186 Å². The molecule has 4 aromatic rings. The molecule has 0 aliphatic carbocycles. The Hall–Kier alpha value is -3.33. The minimum atomic E-state index is -0.621. The quantitative estimate of drug-likeness (QED) is 0.428. The largest absolute Gasteiger partial charge is 0.462 e. The Bertz CT molecular complexity index is 1480. The lowest BCUT2D eigenvalue weighted by atomic mass is 10.0. The van der Waals surface area contributed by atoms with Crippen molar-refractivity contribution >= 4 is 38.4 Å². The van der Waals surface area contributed by atoms with Gasteiger partial charge in [0.05, 0.1) is 17.6 Å². The number of para-hydroxylation sites is 1. The summed E-state index contributed by atoms with van der Waals surface area (Å²) in [5.41, 5.74) is 0.152. The van der Waals surface area contributed by atoms with Crippen molar-refractivity contribution in [2.75, 3.05) is 6.61 Å². The number of carbonyl (C=O) groups excluding carboxylic acids is 1. The second-order valence-electron chi connectivity index (χ2n) is 7.69. The van der Waals surface area contributed by atoms with Gasteiger partial charge in [0.15, 0.2) is 0 Å². The summed E-state index contributed by atoms with van der Waals surface area (Å²) in [6.45, 7) is 5.51. The first kappa shape index (κ1) is 21.9. The first-order valence-electron chi connectivity index (χ1n) is 10.2. The smallest absolute Gasteiger partial charge is 0.340 e. The highest BCUT2D eigenvalue weighted by molar-refractivity contribution is 7.19. The molecule has 0 atom stereocenters. The molecule has 32 heavy (non-hydrogen) atoms. The standard InChI is InChI=1S/C23H22FN3O4S/c1-5-31-22(29)17-16(11-13-9-10-25-19-14(13)7-6-8-15(19)24)32-21-18(17)20(28)26(4)23(30)27(21)12(2)3/h6-10,12H,5,11H2,1-4H3. The number of hydrogen-bond donors (Lipinski definition) is 0. The Morgan fingerprint density at radius 2 is 2.00 bits per heavy atom. The van der Waals surface area contributed by atoms with Gasteiger partial charge in [0.2, 0.25) is 0 Å². The summed E-state index contributed by atoms with van der Waals surface area (Å²) >= 11 is 1.21. The van der Waals surface area contributed by atoms with Crippen LogP contribution >= 0.6 is 11.3 Å². The van der Waals surface area contributed by atoms with Crippen LogP contribution in [0.4, 0.5) is 4.39 Å². The van der Waals surface area contributed by atoms with Gasteiger partial charge in [-0.1, -0.05) is 12.1 Å². The molecule has 0 aliphatic rings. The first-order chi connectivity index (χ1) is 15.3. The number of thiophene rings is 1. The molecule has 0 unspecified atom stereocenters. The molecule has 3 heterocycles. The third-order valence-electron chi connectivity index (χ3n) is 5.35. The molecule has 3 aromatic heterocycles. The van der Waals surface area contributed by atoms with Crippen LogP contribution in [0.5, 0.6) is 0 Å². The molecular weight excluding hydrogens is 433 g/mol. The van der Waals surface area contributed by atoms with Gasteiger partial charge < -0.3 is 4.74 Å². The number of benzene rings is 1. The highest BCUT2D eigenvalue weighted by atomic mass is 32.1. The molecule has 0 radical (unpaired) electrons. The Morgan fingerprint density at radius 1 is 1.25 bits per heavy atom. The SMILES string of the molecule is CCOC(=O)c1c(Cc2ccnc3c(F)cccc23)sc2c1c(=O)n(C)c(=O)n2C(C)C. The fourth-order valence-electron chi connectivity index (χ4n) is 3.86. The maximum absolute atomic E-state index is 14.2. The van der Waals surface area contributed by atoms with Gasteiger partial charge in [0, 0.05) is 36.0 Å². The van der Waals surface area contributed by atoms with Crippen molar-refractivity contribution in [1.82, 2.24) is 14.1 Å². The maximum Gasteiger partial charge on any atom is 0.340 e. The van der Waals surface area contributed by atoms with Crippen molar-refractivity contribution in [1.29, 1.82) is 0 Å². The third kappa shape index (κ3) is 3.42. The molecule has 166 valence electrons. The van der Waals surface area contributed by atoms with Gasteiger partial charge >= 0.3 is 11.7 Å². The van der Waals surface area contributed by atoms with E-state index >= 15 is 0 Å². The van der Waals surface area contributed by atoms with E-state index in [0.29, 0.717) is 15.1 Å². The monoisotopic (exact) mass is 455 g/mol. The van der Waals surface area contributed by atoms with Crippen LogP contribution in [0.1, 0.15) is 47.6 Å². The van der Waals surface area contributed by atoms with E-state index in [1.54, 1.807) is 25.1 Å². The normalized spacial score (nSPS) is 11.6. The Morgan fingerprint density at radius 3 is 2.69 bits per heavy atom. The van der Waals surface area contributed by atoms with Gasteiger partial charge in [-0.2, -0.15) is 0 Å². The number of esters is 1. The lowest BCUT2D eigenvalue weighted by Crippen LogP contribution is -2.38.